The van der Waals surface area contributed by atoms with Gasteiger partial charge < -0.3 is 29.6 Å². The Bertz CT molecular complexity index is 3240. The van der Waals surface area contributed by atoms with Crippen molar-refractivity contribution in [1.29, 1.82) is 0 Å². The zero-order valence-corrected chi connectivity index (χ0v) is 52.5. The minimum absolute atomic E-state index is 0.216. The number of Topliss-reactive ketones (excluding diaryl/α,β-unsaturated/α-hetero) is 1. The summed E-state index contributed by atoms with van der Waals surface area (Å²) in [6.45, 7) is 26.4. The third-order valence-corrected chi connectivity index (χ3v) is 20.4. The van der Waals surface area contributed by atoms with E-state index >= 15 is 0 Å². The predicted octanol–water partition coefficient (Wildman–Crippen LogP) is 11.3. The number of aromatic nitrogens is 1. The van der Waals surface area contributed by atoms with Gasteiger partial charge in [0.25, 0.3) is 0 Å². The fourth-order valence-corrected chi connectivity index (χ4v) is 16.2. The molecule has 4 aromatic rings. The summed E-state index contributed by atoms with van der Waals surface area (Å²) in [5, 5.41) is 16.6. The van der Waals surface area contributed by atoms with Gasteiger partial charge in [-0.15, -0.1) is 0 Å². The average Bonchev–Trinajstić information content (AvgIpc) is 1.61. The van der Waals surface area contributed by atoms with E-state index in [4.69, 9.17) is 48.0 Å². The van der Waals surface area contributed by atoms with Gasteiger partial charge in [0.05, 0.1) is 57.3 Å². The highest BCUT2D eigenvalue weighted by Gasteiger charge is 2.59. The van der Waals surface area contributed by atoms with Crippen LogP contribution in [-0.4, -0.2) is 133 Å². The first kappa shape index (κ1) is 66.5. The molecule has 12 rings (SSSR count). The Balaban J connectivity index is 0.000000172. The second kappa shape index (κ2) is 29.6. The fraction of sp³-hybridized carbons (Fsp3) is 0.551. The Morgan fingerprint density at radius 1 is 0.698 bits per heavy atom. The summed E-state index contributed by atoms with van der Waals surface area (Å²) in [6.07, 6.45) is 16.5. The molecule has 1 spiro atoms. The lowest BCUT2D eigenvalue weighted by Gasteiger charge is -2.50. The Morgan fingerprint density at radius 2 is 1.23 bits per heavy atom. The van der Waals surface area contributed by atoms with Crippen molar-refractivity contribution in [2.24, 2.45) is 40.5 Å². The number of nitrogens with one attached hydrogen (secondary N) is 2. The van der Waals surface area contributed by atoms with E-state index in [0.29, 0.717) is 41.4 Å². The van der Waals surface area contributed by atoms with Crippen LogP contribution in [0.1, 0.15) is 144 Å². The number of ether oxygens (including phenoxy) is 3. The van der Waals surface area contributed by atoms with Gasteiger partial charge in [-0.3, -0.25) is 24.5 Å². The fourth-order valence-electron chi connectivity index (χ4n) is 16.2. The van der Waals surface area contributed by atoms with E-state index in [0.717, 1.165) is 116 Å². The van der Waals surface area contributed by atoms with Crippen molar-refractivity contribution >= 4 is 52.2 Å². The Hall–Kier alpha value is -7.06. The molecule has 17 heteroatoms. The van der Waals surface area contributed by atoms with E-state index in [9.17, 15) is 9.90 Å². The molecule has 0 amide bonds. The van der Waals surface area contributed by atoms with E-state index in [1.54, 1.807) is 26.9 Å². The number of aliphatic hydroxyl groups is 1. The lowest BCUT2D eigenvalue weighted by Crippen LogP contribution is -2.60. The number of hydrogen-bond acceptors (Lipinski definition) is 16. The maximum Gasteiger partial charge on any atom is 0.373 e. The smallest absolute Gasteiger partial charge is 0.373 e. The van der Waals surface area contributed by atoms with E-state index in [-0.39, 0.29) is 30.5 Å². The first-order valence-electron chi connectivity index (χ1n) is 30.7. The Kier molecular flexibility index (Phi) is 22.8. The third-order valence-electron chi connectivity index (χ3n) is 20.4. The molecule has 0 bridgehead atoms. The number of ketones is 1. The summed E-state index contributed by atoms with van der Waals surface area (Å²) in [7, 11) is 5.22. The van der Waals surface area contributed by atoms with Crippen molar-refractivity contribution in [1.82, 2.24) is 19.7 Å². The molecule has 17 nitrogen and oxygen atoms in total. The number of anilines is 1. The zero-order valence-electron chi connectivity index (χ0n) is 52.5. The minimum atomic E-state index is -0.885. The molecule has 8 aliphatic rings. The van der Waals surface area contributed by atoms with Crippen LogP contribution in [0.4, 0.5) is 11.4 Å². The van der Waals surface area contributed by atoms with E-state index in [1.807, 2.05) is 43.7 Å². The van der Waals surface area contributed by atoms with Crippen molar-refractivity contribution in [3.8, 4) is 5.75 Å². The van der Waals surface area contributed by atoms with Crippen LogP contribution in [0.25, 0.3) is 10.9 Å². The number of fused-ring (bicyclic) bond motifs is 13. The molecule has 8 aliphatic heterocycles. The topological polar surface area (TPSA) is 217 Å². The van der Waals surface area contributed by atoms with Gasteiger partial charge in [0.15, 0.2) is 5.78 Å². The number of rotatable bonds is 9. The van der Waals surface area contributed by atoms with Crippen LogP contribution in [0.2, 0.25) is 0 Å². The van der Waals surface area contributed by atoms with Crippen molar-refractivity contribution in [2.45, 2.75) is 149 Å². The molecule has 9 heterocycles. The number of aromatic amines is 1. The average molecular weight is 1180 g/mol. The quantitative estimate of drug-likeness (QED) is 0.105. The second-order valence-corrected chi connectivity index (χ2v) is 24.4. The Morgan fingerprint density at radius 3 is 1.81 bits per heavy atom. The number of nitrogens with zero attached hydrogens (tertiary/aromatic N) is 4. The number of aliphatic imine (C=N–C) groups is 1. The van der Waals surface area contributed by atoms with Gasteiger partial charge in [0, 0.05) is 78.7 Å². The molecule has 3 aromatic carbocycles. The number of allylic oxidation sites excluding steroid dienone is 4. The molecular weight excluding hydrogens is 1090 g/mol. The van der Waals surface area contributed by atoms with Gasteiger partial charge >= 0.3 is 18.5 Å². The Labute approximate surface area is 507 Å². The number of piperidine rings is 4. The van der Waals surface area contributed by atoms with Crippen LogP contribution in [0, 0.1) is 49.4 Å². The summed E-state index contributed by atoms with van der Waals surface area (Å²) >= 11 is 0. The highest BCUT2D eigenvalue weighted by molar-refractivity contribution is 6.15. The maximum atomic E-state index is 13.5. The molecule has 462 valence electrons. The number of hydrogen-bond donors (Lipinski definition) is 3. The molecule has 0 radical (unpaired) electrons. The van der Waals surface area contributed by atoms with E-state index in [2.05, 4.69) is 117 Å². The third kappa shape index (κ3) is 13.0. The summed E-state index contributed by atoms with van der Waals surface area (Å²) in [6, 6.07) is 19.7. The molecular formula is C69H90N6O11. The van der Waals surface area contributed by atoms with Crippen LogP contribution in [0.5, 0.6) is 5.75 Å². The zero-order chi connectivity index (χ0) is 62.6. The largest absolute Gasteiger partial charge is 0.504 e. The van der Waals surface area contributed by atoms with Crippen molar-refractivity contribution in [3.05, 3.63) is 123 Å². The van der Waals surface area contributed by atoms with E-state index < -0.39 is 11.1 Å². The van der Waals surface area contributed by atoms with E-state index in [1.165, 1.54) is 65.7 Å². The second-order valence-electron chi connectivity index (χ2n) is 24.4. The molecule has 0 unspecified atom stereocenters. The van der Waals surface area contributed by atoms with Gasteiger partial charge in [-0.25, -0.2) is 0 Å². The first-order valence-corrected chi connectivity index (χ1v) is 30.7. The normalized spacial score (nSPS) is 28.7. The van der Waals surface area contributed by atoms with Crippen molar-refractivity contribution in [2.75, 3.05) is 65.9 Å². The molecule has 5 saturated heterocycles. The molecule has 0 aliphatic carbocycles. The monoisotopic (exact) mass is 1180 g/mol. The molecule has 86 heavy (non-hydrogen) atoms. The summed E-state index contributed by atoms with van der Waals surface area (Å²) in [4.78, 5) is 78.8. The summed E-state index contributed by atoms with van der Waals surface area (Å²) in [5.41, 5.74) is 14.1. The van der Waals surface area contributed by atoms with Gasteiger partial charge in [-0.05, 0) is 168 Å². The molecule has 11 atom stereocenters. The molecule has 1 aromatic heterocycles. The SMILES string of the molecule is C/C=C(/C)[C@H]1C[C@H]2c3[nH]c4cccc(OC)c4c3CCN2C[C@H]1CC.CC[C@@H]1CN2CC[C@@]3(O)C(=Nc4cccc(C)c43)[C@@H]2C[C@@H]1/C(C)=C\OC.CC[C@@H]1CN2CC[C@]3(Nc4cccc(C)c4C3=O)[C@@H]2C[C@@H]1/C(C)=C\OC.O=C=O.O=C=O.O=C=O. The highest BCUT2D eigenvalue weighted by Crippen LogP contribution is 2.52. The van der Waals surface area contributed by atoms with Gasteiger partial charge in [-0.2, -0.15) is 28.8 Å². The van der Waals surface area contributed by atoms with Gasteiger partial charge in [0.1, 0.15) is 16.9 Å². The number of methoxy groups -OCH3 is 3. The summed E-state index contributed by atoms with van der Waals surface area (Å²) < 4.78 is 16.3. The number of aryl methyl sites for hydroxylation is 2. The minimum Gasteiger partial charge on any atom is -0.504 e. The first-order chi connectivity index (χ1) is 41.4. The number of carbonyl (C=O) groups is 1. The van der Waals surface area contributed by atoms with Crippen LogP contribution < -0.4 is 10.1 Å². The van der Waals surface area contributed by atoms with Crippen LogP contribution in [0.3, 0.4) is 0 Å². The van der Waals surface area contributed by atoms with Gasteiger partial charge in [-0.1, -0.05) is 82.0 Å². The number of H-pyrrole nitrogens is 1. The van der Waals surface area contributed by atoms with Crippen molar-refractivity contribution < 1.29 is 52.9 Å². The van der Waals surface area contributed by atoms with Crippen molar-refractivity contribution in [3.63, 3.8) is 0 Å². The van der Waals surface area contributed by atoms with Gasteiger partial charge in [0.2, 0.25) is 0 Å². The standard InChI is InChI=1S/2C22H30N2O2.C22H30N2O.3CO2/c1-5-16-12-24-10-9-22(19(24)11-17(16)15(3)13-26-4)21(25)20-14(2)7-6-8-18(20)23-22;1-5-16-12-24-10-9-22(25)20-14(2)7-6-8-18(20)23-21(22)19(24)11-17(16)15(3)13-26-4;1-5-14(3)17-12-19-22-16(10-11-24(19)13-15(17)6-2)21-18(23-22)8-7-9-20(21)25-4;3*2-1-3/h6-8,13,16-17,19,23H,5,9-12H2,1-4H3;6-8,13,16-17,19,25H,5,9-12H2,1-4H3;5,7-9,15,17,19,23H,6,10-13H2,1-4H3;;;/b2*15-13-;14-5-;;;/t2*16-,17-,19+,22+;15-,17-,19+;;;/m111.../s1. The molecule has 3 N–H and O–H groups in total. The molecule has 5 fully saturated rings. The van der Waals surface area contributed by atoms with Crippen LogP contribution in [-0.2, 0) is 50.3 Å². The molecule has 0 saturated carbocycles. The highest BCUT2D eigenvalue weighted by atomic mass is 16.5. The lowest BCUT2D eigenvalue weighted by atomic mass is 9.70. The maximum absolute atomic E-state index is 13.5. The van der Waals surface area contributed by atoms with Crippen LogP contribution in [0.15, 0.2) is 94.9 Å². The number of benzene rings is 3. The predicted molar refractivity (Wildman–Crippen MR) is 329 cm³/mol. The van der Waals surface area contributed by atoms with Crippen LogP contribution >= 0.6 is 0 Å². The summed E-state index contributed by atoms with van der Waals surface area (Å²) in [5.74, 6) is 5.03. The number of carbonyl (C=O) groups excluding carboxylic acids is 7. The lowest BCUT2D eigenvalue weighted by molar-refractivity contribution is -0.193.